The van der Waals surface area contributed by atoms with Gasteiger partial charge in [0.25, 0.3) is 0 Å². The lowest BCUT2D eigenvalue weighted by Crippen LogP contribution is -2.09. The van der Waals surface area contributed by atoms with Gasteiger partial charge in [0.15, 0.2) is 5.82 Å². The van der Waals surface area contributed by atoms with Crippen molar-refractivity contribution in [2.24, 2.45) is 0 Å². The molecule has 6 heteroatoms. The maximum absolute atomic E-state index is 8.89. The molecule has 0 bridgehead atoms. The van der Waals surface area contributed by atoms with E-state index >= 15 is 0 Å². The summed E-state index contributed by atoms with van der Waals surface area (Å²) in [4.78, 5) is 8.44. The van der Waals surface area contributed by atoms with Gasteiger partial charge >= 0.3 is 0 Å². The molecule has 0 unspecified atom stereocenters. The molecular formula is C16H17N5O. The third-order valence-electron chi connectivity index (χ3n) is 3.19. The predicted octanol–water partition coefficient (Wildman–Crippen LogP) is 2.04. The van der Waals surface area contributed by atoms with Crippen molar-refractivity contribution in [1.82, 2.24) is 19.7 Å². The lowest BCUT2D eigenvalue weighted by molar-refractivity contribution is 0.311. The molecule has 1 aromatic carbocycles. The molecule has 0 spiro atoms. The summed E-state index contributed by atoms with van der Waals surface area (Å²) >= 11 is 0. The zero-order chi connectivity index (χ0) is 15.4. The molecule has 0 aliphatic heterocycles. The molecule has 0 saturated heterocycles. The Morgan fingerprint density at radius 1 is 1.14 bits per heavy atom. The summed E-state index contributed by atoms with van der Waals surface area (Å²) in [5.74, 6) is 1.34. The second-order valence-electron chi connectivity index (χ2n) is 4.86. The van der Waals surface area contributed by atoms with Crippen molar-refractivity contribution in [2.45, 2.75) is 6.92 Å². The molecule has 0 radical (unpaired) electrons. The molecule has 3 aromatic rings. The fourth-order valence-electron chi connectivity index (χ4n) is 2.23. The number of anilines is 1. The van der Waals surface area contributed by atoms with Gasteiger partial charge in [-0.2, -0.15) is 5.10 Å². The number of nitrogens with zero attached hydrogens (tertiary/aromatic N) is 4. The van der Waals surface area contributed by atoms with Crippen LogP contribution >= 0.6 is 0 Å². The van der Waals surface area contributed by atoms with Gasteiger partial charge in [0, 0.05) is 18.2 Å². The Morgan fingerprint density at radius 3 is 2.73 bits per heavy atom. The summed E-state index contributed by atoms with van der Waals surface area (Å²) in [6.07, 6.45) is 1.49. The fourth-order valence-corrected chi connectivity index (χ4v) is 2.23. The molecule has 3 rings (SSSR count). The molecule has 2 aromatic heterocycles. The third kappa shape index (κ3) is 2.96. The van der Waals surface area contributed by atoms with Gasteiger partial charge in [-0.3, -0.25) is 0 Å². The highest BCUT2D eigenvalue weighted by molar-refractivity contribution is 5.62. The summed E-state index contributed by atoms with van der Waals surface area (Å²) in [7, 11) is 0. The Kier molecular flexibility index (Phi) is 4.11. The minimum Gasteiger partial charge on any atom is -0.395 e. The molecular weight excluding hydrogens is 278 g/mol. The maximum atomic E-state index is 8.89. The van der Waals surface area contributed by atoms with Crippen LogP contribution in [0, 0.1) is 6.92 Å². The highest BCUT2D eigenvalue weighted by atomic mass is 16.3. The zero-order valence-corrected chi connectivity index (χ0v) is 12.3. The number of aryl methyl sites for hydroxylation is 1. The molecule has 0 aliphatic carbocycles. The largest absolute Gasteiger partial charge is 0.395 e. The van der Waals surface area contributed by atoms with Crippen molar-refractivity contribution in [3.05, 3.63) is 54.5 Å². The van der Waals surface area contributed by atoms with Gasteiger partial charge in [-0.15, -0.1) is 0 Å². The second kappa shape index (κ2) is 6.36. The van der Waals surface area contributed by atoms with Crippen LogP contribution in [-0.2, 0) is 0 Å². The summed E-state index contributed by atoms with van der Waals surface area (Å²) in [5.41, 5.74) is 2.97. The number of aromatic nitrogens is 4. The minimum absolute atomic E-state index is 0.0511. The van der Waals surface area contributed by atoms with Gasteiger partial charge in [0.2, 0.25) is 0 Å². The highest BCUT2D eigenvalue weighted by Gasteiger charge is 2.11. The Bertz CT molecular complexity index is 754. The molecule has 2 heterocycles. The Hall–Kier alpha value is -2.73. The molecule has 0 saturated carbocycles. The number of hydrogen-bond donors (Lipinski definition) is 2. The number of rotatable bonds is 5. The molecule has 112 valence electrons. The van der Waals surface area contributed by atoms with E-state index in [-0.39, 0.29) is 6.61 Å². The van der Waals surface area contributed by atoms with Gasteiger partial charge in [-0.25, -0.2) is 14.6 Å². The second-order valence-corrected chi connectivity index (χ2v) is 4.86. The van der Waals surface area contributed by atoms with Crippen LogP contribution in [-0.4, -0.2) is 38.0 Å². The quantitative estimate of drug-likeness (QED) is 0.753. The standard InChI is InChI=1S/C16H17N5O/c1-12-9-14(13-5-3-2-4-6-13)21(20-12)16-10-15(17-7-8-22)18-11-19-16/h2-6,9-11,22H,7-8H2,1H3,(H,17,18,19). The van der Waals surface area contributed by atoms with Crippen molar-refractivity contribution in [1.29, 1.82) is 0 Å². The van der Waals surface area contributed by atoms with Gasteiger partial charge in [-0.05, 0) is 13.0 Å². The van der Waals surface area contributed by atoms with Crippen molar-refractivity contribution >= 4 is 5.82 Å². The Labute approximate surface area is 128 Å². The van der Waals surface area contributed by atoms with Crippen LogP contribution in [0.3, 0.4) is 0 Å². The third-order valence-corrected chi connectivity index (χ3v) is 3.19. The average molecular weight is 295 g/mol. The van der Waals surface area contributed by atoms with Crippen molar-refractivity contribution in [2.75, 3.05) is 18.5 Å². The first kappa shape index (κ1) is 14.2. The van der Waals surface area contributed by atoms with E-state index in [0.717, 1.165) is 17.0 Å². The van der Waals surface area contributed by atoms with E-state index < -0.39 is 0 Å². The van der Waals surface area contributed by atoms with Crippen LogP contribution in [0.15, 0.2) is 48.8 Å². The van der Waals surface area contributed by atoms with Crippen molar-refractivity contribution < 1.29 is 5.11 Å². The number of benzene rings is 1. The molecule has 0 aliphatic rings. The van der Waals surface area contributed by atoms with Gasteiger partial charge in [0.05, 0.1) is 18.0 Å². The van der Waals surface area contributed by atoms with E-state index in [9.17, 15) is 0 Å². The average Bonchev–Trinajstić information content (AvgIpc) is 2.96. The molecule has 0 amide bonds. The van der Waals surface area contributed by atoms with Crippen LogP contribution in [0.4, 0.5) is 5.82 Å². The highest BCUT2D eigenvalue weighted by Crippen LogP contribution is 2.23. The van der Waals surface area contributed by atoms with Crippen LogP contribution < -0.4 is 5.32 Å². The minimum atomic E-state index is 0.0511. The first-order valence-electron chi connectivity index (χ1n) is 7.07. The summed E-state index contributed by atoms with van der Waals surface area (Å²) in [6, 6.07) is 13.9. The molecule has 0 fully saturated rings. The fraction of sp³-hybridized carbons (Fsp3) is 0.188. The Balaban J connectivity index is 2.02. The van der Waals surface area contributed by atoms with E-state index in [1.807, 2.05) is 49.4 Å². The topological polar surface area (TPSA) is 75.9 Å². The maximum Gasteiger partial charge on any atom is 0.159 e. The molecule has 2 N–H and O–H groups in total. The van der Waals surface area contributed by atoms with E-state index in [4.69, 9.17) is 5.11 Å². The molecule has 0 atom stereocenters. The summed E-state index contributed by atoms with van der Waals surface area (Å²) < 4.78 is 1.80. The normalized spacial score (nSPS) is 10.6. The van der Waals surface area contributed by atoms with Crippen molar-refractivity contribution in [3.8, 4) is 17.1 Å². The Morgan fingerprint density at radius 2 is 1.95 bits per heavy atom. The first-order valence-corrected chi connectivity index (χ1v) is 7.07. The van der Waals surface area contributed by atoms with Gasteiger partial charge in [0.1, 0.15) is 12.1 Å². The van der Waals surface area contributed by atoms with Crippen LogP contribution in [0.1, 0.15) is 5.69 Å². The van der Waals surface area contributed by atoms with Crippen LogP contribution in [0.2, 0.25) is 0 Å². The van der Waals surface area contributed by atoms with E-state index in [0.29, 0.717) is 18.2 Å². The number of hydrogen-bond acceptors (Lipinski definition) is 5. The monoisotopic (exact) mass is 295 g/mol. The molecule has 22 heavy (non-hydrogen) atoms. The van der Waals surface area contributed by atoms with Crippen LogP contribution in [0.25, 0.3) is 17.1 Å². The summed E-state index contributed by atoms with van der Waals surface area (Å²) in [6.45, 7) is 2.45. The van der Waals surface area contributed by atoms with E-state index in [1.54, 1.807) is 4.68 Å². The molecule has 6 nitrogen and oxygen atoms in total. The van der Waals surface area contributed by atoms with E-state index in [2.05, 4.69) is 20.4 Å². The van der Waals surface area contributed by atoms with Gasteiger partial charge in [-0.1, -0.05) is 30.3 Å². The summed E-state index contributed by atoms with van der Waals surface area (Å²) in [5, 5.41) is 16.4. The zero-order valence-electron chi connectivity index (χ0n) is 12.3. The van der Waals surface area contributed by atoms with E-state index in [1.165, 1.54) is 6.33 Å². The first-order chi connectivity index (χ1) is 10.8. The van der Waals surface area contributed by atoms with Crippen LogP contribution in [0.5, 0.6) is 0 Å². The lowest BCUT2D eigenvalue weighted by Gasteiger charge is -2.08. The lowest BCUT2D eigenvalue weighted by atomic mass is 10.1. The smallest absolute Gasteiger partial charge is 0.159 e. The SMILES string of the molecule is Cc1cc(-c2ccccc2)n(-c2cc(NCCO)ncn2)n1. The number of aliphatic hydroxyl groups is 1. The number of nitrogens with one attached hydrogen (secondary N) is 1. The number of aliphatic hydroxyl groups excluding tert-OH is 1. The van der Waals surface area contributed by atoms with Gasteiger partial charge < -0.3 is 10.4 Å². The van der Waals surface area contributed by atoms with Crippen molar-refractivity contribution in [3.63, 3.8) is 0 Å². The predicted molar refractivity (Wildman–Crippen MR) is 84.9 cm³/mol.